The number of hydroxylamine groups is 1. The molecule has 0 spiro atoms. The lowest BCUT2D eigenvalue weighted by atomic mass is 10.1. The summed E-state index contributed by atoms with van der Waals surface area (Å²) >= 11 is 0. The minimum absolute atomic E-state index is 0.185. The van der Waals surface area contributed by atoms with Gasteiger partial charge in [-0.05, 0) is 12.8 Å². The Labute approximate surface area is 81.2 Å². The Hall–Kier alpha value is -0.330. The highest BCUT2D eigenvalue weighted by molar-refractivity contribution is 4.76. The molecule has 1 saturated heterocycles. The topological polar surface area (TPSA) is 24.5 Å². The summed E-state index contributed by atoms with van der Waals surface area (Å²) in [5.74, 6) is 0. The molecule has 1 fully saturated rings. The van der Waals surface area contributed by atoms with Crippen molar-refractivity contribution in [1.82, 2.24) is 10.4 Å². The molecule has 0 amide bonds. The average molecular weight is 212 g/mol. The van der Waals surface area contributed by atoms with E-state index >= 15 is 0 Å². The third kappa shape index (κ3) is 4.26. The maximum absolute atomic E-state index is 12.0. The Morgan fingerprint density at radius 2 is 1.93 bits per heavy atom. The lowest BCUT2D eigenvalue weighted by molar-refractivity contribution is -0.148. The molecular weight excluding hydrogens is 197 g/mol. The van der Waals surface area contributed by atoms with Crippen LogP contribution in [0.3, 0.4) is 0 Å². The molecule has 1 N–H and O–H groups in total. The summed E-state index contributed by atoms with van der Waals surface area (Å²) in [7, 11) is 1.52. The molecule has 0 aromatic heterocycles. The summed E-state index contributed by atoms with van der Waals surface area (Å²) in [4.78, 5) is 6.15. The third-order valence-electron chi connectivity index (χ3n) is 2.27. The summed E-state index contributed by atoms with van der Waals surface area (Å²) in [6, 6.07) is 0.185. The van der Waals surface area contributed by atoms with Crippen LogP contribution in [0.1, 0.15) is 12.8 Å². The van der Waals surface area contributed by atoms with E-state index in [1.165, 1.54) is 12.0 Å². The van der Waals surface area contributed by atoms with E-state index in [0.717, 1.165) is 0 Å². The average Bonchev–Trinajstić information content (AvgIpc) is 2.06. The van der Waals surface area contributed by atoms with E-state index in [-0.39, 0.29) is 6.04 Å². The van der Waals surface area contributed by atoms with E-state index in [1.807, 2.05) is 0 Å². The second kappa shape index (κ2) is 4.95. The van der Waals surface area contributed by atoms with Crippen molar-refractivity contribution in [2.45, 2.75) is 25.1 Å². The van der Waals surface area contributed by atoms with E-state index in [2.05, 4.69) is 5.48 Å². The van der Waals surface area contributed by atoms with Gasteiger partial charge in [-0.25, -0.2) is 0 Å². The lowest BCUT2D eigenvalue weighted by Gasteiger charge is -2.32. The van der Waals surface area contributed by atoms with Crippen molar-refractivity contribution >= 4 is 0 Å². The van der Waals surface area contributed by atoms with Crippen molar-refractivity contribution in [3.63, 3.8) is 0 Å². The summed E-state index contributed by atoms with van der Waals surface area (Å²) in [5.41, 5.74) is 2.76. The van der Waals surface area contributed by atoms with Crippen molar-refractivity contribution in [2.75, 3.05) is 26.7 Å². The minimum Gasteiger partial charge on any atom is -0.305 e. The molecule has 3 nitrogen and oxygen atoms in total. The summed E-state index contributed by atoms with van der Waals surface area (Å²) in [6.07, 6.45) is -2.69. The number of piperidine rings is 1. The van der Waals surface area contributed by atoms with Crippen molar-refractivity contribution in [3.8, 4) is 0 Å². The molecule has 0 aromatic rings. The molecule has 1 aliphatic rings. The number of hydrogen-bond donors (Lipinski definition) is 1. The molecule has 1 aliphatic heterocycles. The van der Waals surface area contributed by atoms with Crippen LogP contribution in [0.15, 0.2) is 0 Å². The standard InChI is InChI=1S/C8H15F3N2O/c1-14-12-7-2-4-13(5-3-7)6-8(9,10)11/h7,12H,2-6H2,1H3. The summed E-state index contributed by atoms with van der Waals surface area (Å²) in [6.45, 7) is 0.147. The predicted octanol–water partition coefficient (Wildman–Crippen LogP) is 1.16. The first-order valence-corrected chi connectivity index (χ1v) is 4.59. The predicted molar refractivity (Wildman–Crippen MR) is 45.7 cm³/mol. The highest BCUT2D eigenvalue weighted by Gasteiger charge is 2.32. The zero-order valence-electron chi connectivity index (χ0n) is 8.10. The van der Waals surface area contributed by atoms with E-state index < -0.39 is 12.7 Å². The third-order valence-corrected chi connectivity index (χ3v) is 2.27. The Morgan fingerprint density at radius 1 is 1.36 bits per heavy atom. The van der Waals surface area contributed by atoms with Crippen LogP contribution in [0.4, 0.5) is 13.2 Å². The Balaban J connectivity index is 2.22. The second-order valence-electron chi connectivity index (χ2n) is 3.49. The van der Waals surface area contributed by atoms with Crippen LogP contribution >= 0.6 is 0 Å². The molecule has 1 rings (SSSR count). The van der Waals surface area contributed by atoms with Crippen LogP contribution in [-0.4, -0.2) is 43.9 Å². The van der Waals surface area contributed by atoms with Crippen molar-refractivity contribution in [3.05, 3.63) is 0 Å². The van der Waals surface area contributed by atoms with Gasteiger partial charge in [-0.3, -0.25) is 4.90 Å². The van der Waals surface area contributed by atoms with Gasteiger partial charge in [-0.1, -0.05) is 0 Å². The van der Waals surface area contributed by atoms with Crippen LogP contribution in [0.5, 0.6) is 0 Å². The van der Waals surface area contributed by atoms with Crippen LogP contribution in [-0.2, 0) is 4.84 Å². The van der Waals surface area contributed by atoms with Gasteiger partial charge in [0, 0.05) is 19.1 Å². The number of alkyl halides is 3. The smallest absolute Gasteiger partial charge is 0.305 e. The largest absolute Gasteiger partial charge is 0.401 e. The molecule has 0 bridgehead atoms. The monoisotopic (exact) mass is 212 g/mol. The molecule has 0 unspecified atom stereocenters. The maximum atomic E-state index is 12.0. The van der Waals surface area contributed by atoms with Gasteiger partial charge < -0.3 is 4.84 Å². The van der Waals surface area contributed by atoms with Gasteiger partial charge in [0.25, 0.3) is 0 Å². The first-order valence-electron chi connectivity index (χ1n) is 4.59. The zero-order chi connectivity index (χ0) is 10.6. The molecule has 84 valence electrons. The number of hydrogen-bond acceptors (Lipinski definition) is 3. The molecule has 0 saturated carbocycles. The number of nitrogens with one attached hydrogen (secondary N) is 1. The Bertz CT molecular complexity index is 166. The Kier molecular flexibility index (Phi) is 4.15. The fourth-order valence-corrected chi connectivity index (χ4v) is 1.63. The molecule has 0 radical (unpaired) electrons. The van der Waals surface area contributed by atoms with Gasteiger partial charge in [0.2, 0.25) is 0 Å². The first kappa shape index (κ1) is 11.7. The van der Waals surface area contributed by atoms with Gasteiger partial charge in [-0.15, -0.1) is 0 Å². The number of rotatable bonds is 3. The molecule has 0 aromatic carbocycles. The molecule has 14 heavy (non-hydrogen) atoms. The van der Waals surface area contributed by atoms with Crippen molar-refractivity contribution < 1.29 is 18.0 Å². The highest BCUT2D eigenvalue weighted by Crippen LogP contribution is 2.19. The van der Waals surface area contributed by atoms with Gasteiger partial charge in [-0.2, -0.15) is 18.7 Å². The fraction of sp³-hybridized carbons (Fsp3) is 1.00. The quantitative estimate of drug-likeness (QED) is 0.710. The fourth-order valence-electron chi connectivity index (χ4n) is 1.63. The van der Waals surface area contributed by atoms with Crippen LogP contribution in [0.25, 0.3) is 0 Å². The number of likely N-dealkylation sites (tertiary alicyclic amines) is 1. The number of halogens is 3. The number of nitrogens with zero attached hydrogens (tertiary/aromatic N) is 1. The van der Waals surface area contributed by atoms with Crippen molar-refractivity contribution in [1.29, 1.82) is 0 Å². The van der Waals surface area contributed by atoms with Gasteiger partial charge in [0.15, 0.2) is 0 Å². The van der Waals surface area contributed by atoms with Crippen molar-refractivity contribution in [2.24, 2.45) is 0 Å². The second-order valence-corrected chi connectivity index (χ2v) is 3.49. The summed E-state index contributed by atoms with van der Waals surface area (Å²) in [5, 5.41) is 0. The molecule has 1 heterocycles. The van der Waals surface area contributed by atoms with Gasteiger partial charge >= 0.3 is 6.18 Å². The van der Waals surface area contributed by atoms with E-state index in [4.69, 9.17) is 4.84 Å². The summed E-state index contributed by atoms with van der Waals surface area (Å²) < 4.78 is 36.0. The van der Waals surface area contributed by atoms with E-state index in [0.29, 0.717) is 25.9 Å². The highest BCUT2D eigenvalue weighted by atomic mass is 19.4. The maximum Gasteiger partial charge on any atom is 0.401 e. The van der Waals surface area contributed by atoms with Crippen LogP contribution in [0.2, 0.25) is 0 Å². The normalized spacial score (nSPS) is 21.4. The lowest BCUT2D eigenvalue weighted by Crippen LogP contribution is -2.45. The van der Waals surface area contributed by atoms with Crippen LogP contribution in [0, 0.1) is 0 Å². The minimum atomic E-state index is -4.08. The Morgan fingerprint density at radius 3 is 2.36 bits per heavy atom. The zero-order valence-corrected chi connectivity index (χ0v) is 8.10. The van der Waals surface area contributed by atoms with Crippen LogP contribution < -0.4 is 5.48 Å². The molecular formula is C8H15F3N2O. The molecule has 6 heteroatoms. The first-order chi connectivity index (χ1) is 6.51. The molecule has 0 atom stereocenters. The van der Waals surface area contributed by atoms with Gasteiger partial charge in [0.1, 0.15) is 0 Å². The van der Waals surface area contributed by atoms with E-state index in [1.54, 1.807) is 0 Å². The van der Waals surface area contributed by atoms with E-state index in [9.17, 15) is 13.2 Å². The molecule has 0 aliphatic carbocycles. The SMILES string of the molecule is CONC1CCN(CC(F)(F)F)CC1. The van der Waals surface area contributed by atoms with Gasteiger partial charge in [0.05, 0.1) is 13.7 Å².